The molecule has 0 amide bonds. The molecule has 0 atom stereocenters. The van der Waals surface area contributed by atoms with Gasteiger partial charge in [-0.15, -0.1) is 22.7 Å². The van der Waals surface area contributed by atoms with Crippen LogP contribution in [0.4, 0.5) is 0 Å². The van der Waals surface area contributed by atoms with Crippen LogP contribution in [0.3, 0.4) is 0 Å². The standard InChI is InChI=1S/C98H62N4S2/c1-6-24-63(25-7-1)68-34-21-43-80(57-68)92-96-93(85-46-16-17-47-89(85)103-96)101-98(100-92)82-45-23-41-75(59-82)70-36-19-38-72(55-70)77-49-52-84(65-28-10-3-11-29-65)88(61-77)79-42-20-39-73(56-79)78-50-53-86-90(62-78)104-95-91(67-32-14-5-15-33-67)99-97(102-94(86)95)81-44-22-40-74(58-81)69-35-18-37-71(54-69)76-48-51-83(64-26-8-2-9-27-64)87(60-76)66-30-12-4-13-31-66/h1-62H. The third kappa shape index (κ3) is 11.8. The summed E-state index contributed by atoms with van der Waals surface area (Å²) in [5, 5.41) is 2.24. The molecule has 0 saturated heterocycles. The Kier molecular flexibility index (Phi) is 15.9. The van der Waals surface area contributed by atoms with Crippen molar-refractivity contribution in [1.29, 1.82) is 0 Å². The van der Waals surface area contributed by atoms with Gasteiger partial charge in [-0.2, -0.15) is 0 Å². The van der Waals surface area contributed by atoms with Crippen LogP contribution in [-0.2, 0) is 0 Å². The molecule has 104 heavy (non-hydrogen) atoms. The minimum atomic E-state index is 0.690. The fourth-order valence-corrected chi connectivity index (χ4v) is 17.1. The monoisotopic (exact) mass is 1360 g/mol. The summed E-state index contributed by atoms with van der Waals surface area (Å²) in [4.78, 5) is 21.8. The van der Waals surface area contributed by atoms with Gasteiger partial charge in [-0.25, -0.2) is 19.9 Å². The molecule has 0 N–H and O–H groups in total. The van der Waals surface area contributed by atoms with Crippen molar-refractivity contribution in [3.05, 3.63) is 376 Å². The molecule has 19 rings (SSSR count). The Morgan fingerprint density at radius 2 is 0.462 bits per heavy atom. The molecule has 0 saturated carbocycles. The third-order valence-electron chi connectivity index (χ3n) is 19.9. The Hall–Kier alpha value is -13.1. The lowest BCUT2D eigenvalue weighted by Gasteiger charge is -2.15. The van der Waals surface area contributed by atoms with Crippen molar-refractivity contribution < 1.29 is 0 Å². The largest absolute Gasteiger partial charge is 0.226 e. The highest BCUT2D eigenvalue weighted by molar-refractivity contribution is 7.26. The minimum absolute atomic E-state index is 0.690. The second kappa shape index (κ2) is 26.8. The molecular formula is C98H62N4S2. The summed E-state index contributed by atoms with van der Waals surface area (Å²) in [7, 11) is 0. The van der Waals surface area contributed by atoms with Crippen molar-refractivity contribution in [2.75, 3.05) is 0 Å². The van der Waals surface area contributed by atoms with Gasteiger partial charge in [0, 0.05) is 42.4 Å². The van der Waals surface area contributed by atoms with Gasteiger partial charge < -0.3 is 0 Å². The molecule has 0 fully saturated rings. The van der Waals surface area contributed by atoms with Gasteiger partial charge in [-0.1, -0.05) is 315 Å². The maximum atomic E-state index is 5.49. The second-order valence-electron chi connectivity index (χ2n) is 26.4. The number of hydrogen-bond acceptors (Lipinski definition) is 6. The number of hydrogen-bond donors (Lipinski definition) is 0. The lowest BCUT2D eigenvalue weighted by Crippen LogP contribution is -1.94. The second-order valence-corrected chi connectivity index (χ2v) is 28.5. The summed E-state index contributed by atoms with van der Waals surface area (Å²) in [5.74, 6) is 1.39. The van der Waals surface area contributed by atoms with Gasteiger partial charge in [0.15, 0.2) is 11.6 Å². The minimum Gasteiger partial charge on any atom is -0.226 e. The van der Waals surface area contributed by atoms with Crippen LogP contribution in [0.2, 0.25) is 0 Å². The molecule has 19 aromatic rings. The van der Waals surface area contributed by atoms with E-state index < -0.39 is 0 Å². The number of rotatable bonds is 14. The first-order valence-electron chi connectivity index (χ1n) is 35.1. The average Bonchev–Trinajstić information content (AvgIpc) is 1.58. The molecule has 0 aliphatic rings. The summed E-state index contributed by atoms with van der Waals surface area (Å²) in [6.07, 6.45) is 0. The number of benzene rings is 15. The van der Waals surface area contributed by atoms with Gasteiger partial charge in [0.05, 0.1) is 31.8 Å². The summed E-state index contributed by atoms with van der Waals surface area (Å²) in [5.41, 5.74) is 30.8. The topological polar surface area (TPSA) is 51.6 Å². The van der Waals surface area contributed by atoms with E-state index in [4.69, 9.17) is 19.9 Å². The van der Waals surface area contributed by atoms with Crippen molar-refractivity contribution >= 4 is 63.3 Å². The van der Waals surface area contributed by atoms with E-state index in [9.17, 15) is 0 Å². The molecule has 0 aliphatic carbocycles. The molecule has 486 valence electrons. The molecular weight excluding hydrogens is 1300 g/mol. The molecule has 0 unspecified atom stereocenters. The molecule has 4 aromatic heterocycles. The predicted octanol–water partition coefficient (Wildman–Crippen LogP) is 27.3. The number of fused-ring (bicyclic) bond motifs is 6. The van der Waals surface area contributed by atoms with E-state index in [-0.39, 0.29) is 0 Å². The van der Waals surface area contributed by atoms with Crippen LogP contribution in [-0.4, -0.2) is 19.9 Å². The summed E-state index contributed by atoms with van der Waals surface area (Å²) in [6, 6.07) is 135. The molecule has 0 radical (unpaired) electrons. The maximum absolute atomic E-state index is 5.49. The summed E-state index contributed by atoms with van der Waals surface area (Å²) < 4.78 is 4.50. The summed E-state index contributed by atoms with van der Waals surface area (Å²) in [6.45, 7) is 0. The van der Waals surface area contributed by atoms with Crippen molar-refractivity contribution in [3.63, 3.8) is 0 Å². The van der Waals surface area contributed by atoms with E-state index in [0.29, 0.717) is 11.6 Å². The van der Waals surface area contributed by atoms with Gasteiger partial charge in [-0.05, 0) is 172 Å². The van der Waals surface area contributed by atoms with Gasteiger partial charge in [0.25, 0.3) is 0 Å². The van der Waals surface area contributed by atoms with Crippen molar-refractivity contribution in [3.8, 4) is 157 Å². The molecule has 0 bridgehead atoms. The highest BCUT2D eigenvalue weighted by Gasteiger charge is 2.22. The molecule has 0 aliphatic heterocycles. The maximum Gasteiger partial charge on any atom is 0.160 e. The van der Waals surface area contributed by atoms with E-state index in [1.54, 1.807) is 22.7 Å². The molecule has 4 nitrogen and oxygen atoms in total. The lowest BCUT2D eigenvalue weighted by atomic mass is 9.89. The Morgan fingerprint density at radius 1 is 0.163 bits per heavy atom. The lowest BCUT2D eigenvalue weighted by molar-refractivity contribution is 1.24. The van der Waals surface area contributed by atoms with Crippen LogP contribution in [0.1, 0.15) is 0 Å². The predicted molar refractivity (Wildman–Crippen MR) is 440 cm³/mol. The fraction of sp³-hybridized carbons (Fsp3) is 0. The zero-order valence-electron chi connectivity index (χ0n) is 56.4. The van der Waals surface area contributed by atoms with E-state index in [1.807, 2.05) is 0 Å². The Bertz CT molecular complexity index is 6460. The molecule has 15 aromatic carbocycles. The van der Waals surface area contributed by atoms with Crippen LogP contribution >= 0.6 is 22.7 Å². The quantitative estimate of drug-likeness (QED) is 0.109. The molecule has 0 spiro atoms. The smallest absolute Gasteiger partial charge is 0.160 e. The van der Waals surface area contributed by atoms with Crippen molar-refractivity contribution in [2.24, 2.45) is 0 Å². The molecule has 6 heteroatoms. The van der Waals surface area contributed by atoms with E-state index in [1.165, 1.54) is 38.1 Å². The zero-order chi connectivity index (χ0) is 68.9. The first kappa shape index (κ1) is 61.9. The Balaban J connectivity index is 0.649. The van der Waals surface area contributed by atoms with Crippen molar-refractivity contribution in [1.82, 2.24) is 19.9 Å². The number of nitrogens with zero attached hydrogens (tertiary/aromatic N) is 4. The first-order chi connectivity index (χ1) is 51.5. The van der Waals surface area contributed by atoms with Gasteiger partial charge in [0.1, 0.15) is 0 Å². The van der Waals surface area contributed by atoms with Crippen LogP contribution in [0, 0.1) is 0 Å². The zero-order valence-corrected chi connectivity index (χ0v) is 58.0. The normalized spacial score (nSPS) is 11.5. The van der Waals surface area contributed by atoms with Gasteiger partial charge in [-0.3, -0.25) is 0 Å². The van der Waals surface area contributed by atoms with Crippen molar-refractivity contribution in [2.45, 2.75) is 0 Å². The number of aromatic nitrogens is 4. The Labute approximate surface area is 611 Å². The van der Waals surface area contributed by atoms with Crippen LogP contribution in [0.5, 0.6) is 0 Å². The van der Waals surface area contributed by atoms with Crippen LogP contribution in [0.15, 0.2) is 376 Å². The molecule has 4 heterocycles. The highest BCUT2D eigenvalue weighted by atomic mass is 32.1. The average molecular weight is 1360 g/mol. The van der Waals surface area contributed by atoms with Crippen LogP contribution in [0.25, 0.3) is 197 Å². The number of thiophene rings is 2. The van der Waals surface area contributed by atoms with E-state index >= 15 is 0 Å². The van der Waals surface area contributed by atoms with Crippen LogP contribution < -0.4 is 0 Å². The SMILES string of the molecule is c1ccc(-c2cccc(-c3nc(-c4cccc(-c5cccc(-c6ccc(-c7ccccc7)c(-c7cccc(-c8ccc9c(c8)sc8c(-c%10ccccc%10)nc(-c%10cccc(-c%11cccc(-c%12ccc(-c%13ccccc%13)c(-c%13ccccc%13)c%12)c%11)c%10)nc89)c7)c6)c5)c4)nc4c3sc3ccccc34)c2)cc1. The summed E-state index contributed by atoms with van der Waals surface area (Å²) >= 11 is 3.52. The highest BCUT2D eigenvalue weighted by Crippen LogP contribution is 2.46. The van der Waals surface area contributed by atoms with Gasteiger partial charge in [0.2, 0.25) is 0 Å². The third-order valence-corrected chi connectivity index (χ3v) is 22.2. The first-order valence-corrected chi connectivity index (χ1v) is 36.8. The fourth-order valence-electron chi connectivity index (χ4n) is 14.7. The van der Waals surface area contributed by atoms with E-state index in [2.05, 4.69) is 376 Å². The van der Waals surface area contributed by atoms with E-state index in [0.717, 1.165) is 147 Å². The van der Waals surface area contributed by atoms with Gasteiger partial charge >= 0.3 is 0 Å². The Morgan fingerprint density at radius 3 is 0.952 bits per heavy atom.